The number of hydrogen-bond donors (Lipinski definition) is 1. The summed E-state index contributed by atoms with van der Waals surface area (Å²) in [5.41, 5.74) is 0.356. The highest BCUT2D eigenvalue weighted by molar-refractivity contribution is 6.05. The van der Waals surface area contributed by atoms with Crippen LogP contribution in [0.5, 0.6) is 5.75 Å². The third-order valence-electron chi connectivity index (χ3n) is 6.07. The molecule has 3 aliphatic heterocycles. The van der Waals surface area contributed by atoms with Crippen LogP contribution in [0, 0.1) is 5.82 Å². The fourth-order valence-corrected chi connectivity index (χ4v) is 4.54. The van der Waals surface area contributed by atoms with E-state index in [9.17, 15) is 18.8 Å². The Morgan fingerprint density at radius 1 is 1.22 bits per heavy atom. The maximum atomic E-state index is 14.9. The number of carbonyl (C=O) groups is 3. The van der Waals surface area contributed by atoms with Gasteiger partial charge in [0.2, 0.25) is 11.8 Å². The summed E-state index contributed by atoms with van der Waals surface area (Å²) in [4.78, 5) is 40.3. The lowest BCUT2D eigenvalue weighted by molar-refractivity contribution is -0.136. The highest BCUT2D eigenvalue weighted by Gasteiger charge is 2.40. The van der Waals surface area contributed by atoms with Crippen molar-refractivity contribution < 1.29 is 37.8 Å². The van der Waals surface area contributed by atoms with Gasteiger partial charge in [-0.05, 0) is 50.0 Å². The predicted molar refractivity (Wildman–Crippen MR) is 129 cm³/mol. The van der Waals surface area contributed by atoms with Gasteiger partial charge < -0.3 is 14.4 Å². The summed E-state index contributed by atoms with van der Waals surface area (Å²) < 4.78 is 85.0. The van der Waals surface area contributed by atoms with Crippen LogP contribution in [-0.2, 0) is 34.0 Å². The molecule has 36 heavy (non-hydrogen) atoms. The number of imide groups is 1. The molecule has 2 aromatic carbocycles. The van der Waals surface area contributed by atoms with Crippen LogP contribution in [0.1, 0.15) is 63.2 Å². The van der Waals surface area contributed by atoms with E-state index in [1.54, 1.807) is 10.2 Å². The topological polar surface area (TPSA) is 88.2 Å². The van der Waals surface area contributed by atoms with Gasteiger partial charge in [0.1, 0.15) is 24.2 Å². The minimum Gasteiger partial charge on any atom is -0.488 e. The molecule has 3 aliphatic rings. The number of hydrogen-bond acceptors (Lipinski definition) is 6. The van der Waals surface area contributed by atoms with Gasteiger partial charge in [-0.2, -0.15) is 0 Å². The molecule has 0 aliphatic carbocycles. The molecule has 2 fully saturated rings. The molecular formula is C27H30FN3O5. The van der Waals surface area contributed by atoms with Crippen molar-refractivity contribution in [2.24, 2.45) is 0 Å². The van der Waals surface area contributed by atoms with E-state index < -0.39 is 55.3 Å². The summed E-state index contributed by atoms with van der Waals surface area (Å²) in [6.07, 6.45) is -7.11. The Balaban J connectivity index is 1.40. The van der Waals surface area contributed by atoms with Crippen molar-refractivity contribution in [1.82, 2.24) is 15.1 Å². The SMILES string of the molecule is [2H]C([2H])(c1ccc(F)c(COc2cccc3c2CN(C2([2H])C(=O)NC(=O)C([2H])([2H])C2([2H])[2H])C3=O)c1)N1CC(C)OC(C)C1. The van der Waals surface area contributed by atoms with Gasteiger partial charge in [0.15, 0.2) is 0 Å². The molecule has 5 rings (SSSR count). The number of ether oxygens (including phenoxy) is 2. The van der Waals surface area contributed by atoms with Gasteiger partial charge in [-0.1, -0.05) is 12.1 Å². The van der Waals surface area contributed by atoms with Crippen LogP contribution in [-0.4, -0.2) is 58.8 Å². The zero-order chi connectivity index (χ0) is 31.7. The van der Waals surface area contributed by atoms with Gasteiger partial charge in [0, 0.05) is 50.9 Å². The molecular weight excluding hydrogens is 465 g/mol. The minimum atomic E-state index is -3.42. The first kappa shape index (κ1) is 17.2. The number of rotatable bonds is 6. The van der Waals surface area contributed by atoms with E-state index in [1.165, 1.54) is 30.3 Å². The highest BCUT2D eigenvalue weighted by Crippen LogP contribution is 2.34. The van der Waals surface area contributed by atoms with Crippen LogP contribution < -0.4 is 10.1 Å². The maximum Gasteiger partial charge on any atom is 0.255 e. The van der Waals surface area contributed by atoms with Crippen molar-refractivity contribution in [2.75, 3.05) is 13.1 Å². The number of halogens is 1. The number of carbonyl (C=O) groups excluding carboxylic acids is 3. The van der Waals surface area contributed by atoms with Gasteiger partial charge >= 0.3 is 0 Å². The number of benzene rings is 2. The van der Waals surface area contributed by atoms with E-state index >= 15 is 0 Å². The second-order valence-electron chi connectivity index (χ2n) is 8.92. The Kier molecular flexibility index (Phi) is 4.77. The van der Waals surface area contributed by atoms with Crippen molar-refractivity contribution in [1.29, 1.82) is 0 Å². The van der Waals surface area contributed by atoms with Crippen LogP contribution in [0.25, 0.3) is 0 Å². The fourth-order valence-electron chi connectivity index (χ4n) is 4.54. The van der Waals surface area contributed by atoms with Crippen molar-refractivity contribution in [3.8, 4) is 5.75 Å². The average molecular weight is 503 g/mol. The molecule has 0 spiro atoms. The van der Waals surface area contributed by atoms with Gasteiger partial charge in [-0.25, -0.2) is 4.39 Å². The normalized spacial score (nSPS) is 32.7. The van der Waals surface area contributed by atoms with Crippen LogP contribution in [0.2, 0.25) is 0 Å². The lowest BCUT2D eigenvalue weighted by atomic mass is 10.0. The highest BCUT2D eigenvalue weighted by atomic mass is 19.1. The summed E-state index contributed by atoms with van der Waals surface area (Å²) >= 11 is 0. The van der Waals surface area contributed by atoms with E-state index in [0.717, 1.165) is 6.07 Å². The second-order valence-corrected chi connectivity index (χ2v) is 8.92. The first-order valence-electron chi connectivity index (χ1n) is 15.0. The lowest BCUT2D eigenvalue weighted by Crippen LogP contribution is -2.52. The number of amides is 3. The molecule has 3 atom stereocenters. The first-order valence-corrected chi connectivity index (χ1v) is 11.5. The first-order chi connectivity index (χ1) is 19.9. The van der Waals surface area contributed by atoms with E-state index in [0.29, 0.717) is 18.0 Å². The van der Waals surface area contributed by atoms with Crippen LogP contribution in [0.4, 0.5) is 4.39 Å². The maximum absolute atomic E-state index is 14.9. The van der Waals surface area contributed by atoms with Crippen LogP contribution in [0.3, 0.4) is 0 Å². The largest absolute Gasteiger partial charge is 0.488 e. The molecule has 1 N–H and O–H groups in total. The molecule has 3 amide bonds. The Bertz CT molecular complexity index is 1500. The third-order valence-corrected chi connectivity index (χ3v) is 6.07. The summed E-state index contributed by atoms with van der Waals surface area (Å²) in [7, 11) is 0. The Morgan fingerprint density at radius 2 is 2.00 bits per heavy atom. The third kappa shape index (κ3) is 4.99. The zero-order valence-corrected chi connectivity index (χ0v) is 19.8. The van der Waals surface area contributed by atoms with Crippen LogP contribution >= 0.6 is 0 Å². The molecule has 8 nitrogen and oxygen atoms in total. The van der Waals surface area contributed by atoms with E-state index in [2.05, 4.69) is 0 Å². The number of nitrogens with one attached hydrogen (secondary N) is 1. The van der Waals surface area contributed by atoms with Crippen molar-refractivity contribution in [3.05, 3.63) is 64.5 Å². The predicted octanol–water partition coefficient (Wildman–Crippen LogP) is 2.77. The average Bonchev–Trinajstić information content (AvgIpc) is 3.27. The molecule has 0 bridgehead atoms. The molecule has 9 heteroatoms. The van der Waals surface area contributed by atoms with E-state index in [-0.39, 0.29) is 46.8 Å². The monoisotopic (exact) mass is 502 g/mol. The summed E-state index contributed by atoms with van der Waals surface area (Å²) in [5.74, 6) is -4.58. The van der Waals surface area contributed by atoms with Crippen molar-refractivity contribution in [3.63, 3.8) is 0 Å². The molecule has 0 saturated carbocycles. The quantitative estimate of drug-likeness (QED) is 0.612. The molecule has 3 unspecified atom stereocenters. The summed E-state index contributed by atoms with van der Waals surface area (Å²) in [5, 5.41) is 1.67. The number of nitrogens with zero attached hydrogens (tertiary/aromatic N) is 2. The molecule has 0 aromatic heterocycles. The number of morpholine rings is 1. The smallest absolute Gasteiger partial charge is 0.255 e. The van der Waals surface area contributed by atoms with E-state index in [1.807, 2.05) is 13.8 Å². The Labute approximate surface area is 219 Å². The van der Waals surface area contributed by atoms with Gasteiger partial charge in [0.25, 0.3) is 5.91 Å². The standard InChI is InChI=1S/C27H30FN3O5/c1-16-11-30(12-17(2)36-16)13-18-6-7-22(28)19(10-18)15-35-24-5-3-4-20-21(24)14-31(27(20)34)23-8-9-25(32)29-26(23)33/h3-7,10,16-17,23H,8-9,11-15H2,1-2H3,(H,29,32,33)/i8D2,9D2,13D2,23D. The summed E-state index contributed by atoms with van der Waals surface area (Å²) in [6, 6.07) is 4.99. The summed E-state index contributed by atoms with van der Waals surface area (Å²) in [6.45, 7) is 1.53. The molecule has 0 radical (unpaired) electrons. The van der Waals surface area contributed by atoms with E-state index in [4.69, 9.17) is 19.1 Å². The Morgan fingerprint density at radius 3 is 2.78 bits per heavy atom. The minimum absolute atomic E-state index is 0.0289. The fraction of sp³-hybridized carbons (Fsp3) is 0.444. The second kappa shape index (κ2) is 9.99. The Hall–Kier alpha value is -3.30. The zero-order valence-electron chi connectivity index (χ0n) is 26.8. The number of piperidine rings is 1. The van der Waals surface area contributed by atoms with Crippen molar-refractivity contribution >= 4 is 17.7 Å². The number of fused-ring (bicyclic) bond motifs is 1. The van der Waals surface area contributed by atoms with Crippen LogP contribution in [0.15, 0.2) is 36.4 Å². The molecule has 3 heterocycles. The lowest BCUT2D eigenvalue weighted by Gasteiger charge is -2.35. The van der Waals surface area contributed by atoms with Crippen molar-refractivity contribution in [2.45, 2.75) is 64.5 Å². The van der Waals surface area contributed by atoms with Gasteiger partial charge in [-0.15, -0.1) is 0 Å². The van der Waals surface area contributed by atoms with Gasteiger partial charge in [-0.3, -0.25) is 24.6 Å². The van der Waals surface area contributed by atoms with Gasteiger partial charge in [0.05, 0.1) is 20.1 Å². The molecule has 2 aromatic rings. The molecule has 2 saturated heterocycles. The molecule has 190 valence electrons.